The van der Waals surface area contributed by atoms with Crippen molar-refractivity contribution in [2.75, 3.05) is 13.2 Å². The van der Waals surface area contributed by atoms with Crippen LogP contribution in [0, 0.1) is 0 Å². The Morgan fingerprint density at radius 2 is 1.64 bits per heavy atom. The predicted molar refractivity (Wildman–Crippen MR) is 97.6 cm³/mol. The first-order valence-corrected chi connectivity index (χ1v) is 8.58. The monoisotopic (exact) mass is 342 g/mol. The number of hydrogen-bond acceptors (Lipinski definition) is 4. The molecule has 0 spiro atoms. The van der Waals surface area contributed by atoms with Gasteiger partial charge in [-0.2, -0.15) is 0 Å². The molecule has 0 saturated heterocycles. The van der Waals surface area contributed by atoms with Crippen molar-refractivity contribution in [3.63, 3.8) is 0 Å². The van der Waals surface area contributed by atoms with Crippen LogP contribution in [0.2, 0.25) is 0 Å². The molecule has 0 unspecified atom stereocenters. The standard InChI is InChI=1S/C21H26O4/c1-4-24-20(22)21(2,3)25-19-12-10-17(11-13-19)14-15-23-16-18-8-6-5-7-9-18/h5-13H,4,14-16H2,1-3H3. The minimum atomic E-state index is -1.00. The van der Waals surface area contributed by atoms with Crippen LogP contribution < -0.4 is 4.74 Å². The third-order valence-electron chi connectivity index (χ3n) is 3.71. The van der Waals surface area contributed by atoms with Gasteiger partial charge in [0, 0.05) is 0 Å². The third kappa shape index (κ3) is 6.24. The van der Waals surface area contributed by atoms with Gasteiger partial charge in [0.1, 0.15) is 5.75 Å². The molecule has 0 aliphatic carbocycles. The van der Waals surface area contributed by atoms with Crippen LogP contribution in [0.15, 0.2) is 54.6 Å². The summed E-state index contributed by atoms with van der Waals surface area (Å²) in [4.78, 5) is 11.9. The molecule has 4 nitrogen and oxygen atoms in total. The first kappa shape index (κ1) is 19.0. The van der Waals surface area contributed by atoms with Crippen LogP contribution in [0.3, 0.4) is 0 Å². The van der Waals surface area contributed by atoms with Gasteiger partial charge in [-0.3, -0.25) is 0 Å². The van der Waals surface area contributed by atoms with Gasteiger partial charge in [0.15, 0.2) is 5.60 Å². The Kier molecular flexibility index (Phi) is 7.02. The van der Waals surface area contributed by atoms with E-state index >= 15 is 0 Å². The minimum Gasteiger partial charge on any atom is -0.476 e. The molecule has 0 amide bonds. The molecule has 0 aromatic heterocycles. The summed E-state index contributed by atoms with van der Waals surface area (Å²) in [6.07, 6.45) is 0.828. The molecule has 0 N–H and O–H groups in total. The van der Waals surface area contributed by atoms with Gasteiger partial charge in [-0.1, -0.05) is 42.5 Å². The lowest BCUT2D eigenvalue weighted by Crippen LogP contribution is -2.39. The molecule has 2 aromatic rings. The molecule has 0 heterocycles. The Hall–Kier alpha value is -2.33. The fourth-order valence-electron chi connectivity index (χ4n) is 2.32. The van der Waals surface area contributed by atoms with E-state index in [1.807, 2.05) is 42.5 Å². The molecule has 4 heteroatoms. The summed E-state index contributed by atoms with van der Waals surface area (Å²) in [5.41, 5.74) is 1.33. The maximum atomic E-state index is 11.9. The van der Waals surface area contributed by atoms with E-state index in [9.17, 15) is 4.79 Å². The van der Waals surface area contributed by atoms with Gasteiger partial charge in [0.25, 0.3) is 0 Å². The number of esters is 1. The smallest absolute Gasteiger partial charge is 0.349 e. The quantitative estimate of drug-likeness (QED) is 0.507. The average molecular weight is 342 g/mol. The maximum Gasteiger partial charge on any atom is 0.349 e. The van der Waals surface area contributed by atoms with Gasteiger partial charge in [-0.05, 0) is 50.5 Å². The summed E-state index contributed by atoms with van der Waals surface area (Å²) in [5, 5.41) is 0. The summed E-state index contributed by atoms with van der Waals surface area (Å²) in [6, 6.07) is 17.8. The lowest BCUT2D eigenvalue weighted by atomic mass is 10.1. The van der Waals surface area contributed by atoms with E-state index in [1.54, 1.807) is 20.8 Å². The average Bonchev–Trinajstić information content (AvgIpc) is 2.61. The van der Waals surface area contributed by atoms with E-state index in [2.05, 4.69) is 12.1 Å². The largest absolute Gasteiger partial charge is 0.476 e. The molecular weight excluding hydrogens is 316 g/mol. The van der Waals surface area contributed by atoms with Crippen molar-refractivity contribution in [1.29, 1.82) is 0 Å². The van der Waals surface area contributed by atoms with Crippen LogP contribution >= 0.6 is 0 Å². The molecule has 25 heavy (non-hydrogen) atoms. The van der Waals surface area contributed by atoms with E-state index < -0.39 is 5.60 Å². The molecule has 2 aromatic carbocycles. The SMILES string of the molecule is CCOC(=O)C(C)(C)Oc1ccc(CCOCc2ccccc2)cc1. The second-order valence-corrected chi connectivity index (χ2v) is 6.26. The Morgan fingerprint density at radius 1 is 0.960 bits per heavy atom. The van der Waals surface area contributed by atoms with E-state index in [0.717, 1.165) is 12.0 Å². The highest BCUT2D eigenvalue weighted by atomic mass is 16.6. The molecule has 0 radical (unpaired) electrons. The Morgan fingerprint density at radius 3 is 2.28 bits per heavy atom. The predicted octanol–water partition coefficient (Wildman–Crippen LogP) is 4.17. The van der Waals surface area contributed by atoms with E-state index in [1.165, 1.54) is 5.56 Å². The van der Waals surface area contributed by atoms with Crippen LogP contribution in [0.5, 0.6) is 5.75 Å². The molecule has 0 aliphatic rings. The van der Waals surface area contributed by atoms with Gasteiger partial charge in [0.2, 0.25) is 0 Å². The highest BCUT2D eigenvalue weighted by Crippen LogP contribution is 2.20. The summed E-state index contributed by atoms with van der Waals surface area (Å²) >= 11 is 0. The minimum absolute atomic E-state index is 0.341. The van der Waals surface area contributed by atoms with E-state index in [-0.39, 0.29) is 5.97 Å². The number of carbonyl (C=O) groups excluding carboxylic acids is 1. The number of hydrogen-bond donors (Lipinski definition) is 0. The topological polar surface area (TPSA) is 44.8 Å². The van der Waals surface area contributed by atoms with Crippen molar-refractivity contribution in [2.45, 2.75) is 39.4 Å². The van der Waals surface area contributed by atoms with Crippen molar-refractivity contribution >= 4 is 5.97 Å². The van der Waals surface area contributed by atoms with Crippen molar-refractivity contribution in [2.24, 2.45) is 0 Å². The fourth-order valence-corrected chi connectivity index (χ4v) is 2.32. The zero-order valence-electron chi connectivity index (χ0n) is 15.2. The Bertz CT molecular complexity index is 647. The van der Waals surface area contributed by atoms with Gasteiger partial charge in [0.05, 0.1) is 19.8 Å². The van der Waals surface area contributed by atoms with E-state index in [4.69, 9.17) is 14.2 Å². The molecule has 2 rings (SSSR count). The zero-order valence-corrected chi connectivity index (χ0v) is 15.2. The van der Waals surface area contributed by atoms with Gasteiger partial charge in [-0.25, -0.2) is 4.79 Å². The first-order valence-electron chi connectivity index (χ1n) is 8.58. The van der Waals surface area contributed by atoms with Crippen LogP contribution in [-0.2, 0) is 27.3 Å². The van der Waals surface area contributed by atoms with Crippen LogP contribution in [0.1, 0.15) is 31.9 Å². The molecule has 0 atom stereocenters. The summed E-state index contributed by atoms with van der Waals surface area (Å²) in [6.45, 7) is 6.81. The second-order valence-electron chi connectivity index (χ2n) is 6.26. The fraction of sp³-hybridized carbons (Fsp3) is 0.381. The Labute approximate surface area is 149 Å². The van der Waals surface area contributed by atoms with Crippen molar-refractivity contribution in [1.82, 2.24) is 0 Å². The zero-order chi connectivity index (χ0) is 18.1. The summed E-state index contributed by atoms with van der Waals surface area (Å²) < 4.78 is 16.5. The summed E-state index contributed by atoms with van der Waals surface area (Å²) in [7, 11) is 0. The molecule has 0 bridgehead atoms. The van der Waals surface area contributed by atoms with Crippen LogP contribution in [0.4, 0.5) is 0 Å². The van der Waals surface area contributed by atoms with Crippen molar-refractivity contribution < 1.29 is 19.0 Å². The van der Waals surface area contributed by atoms with Crippen LogP contribution in [-0.4, -0.2) is 24.8 Å². The van der Waals surface area contributed by atoms with Crippen molar-refractivity contribution in [3.8, 4) is 5.75 Å². The number of carbonyl (C=O) groups is 1. The molecule has 0 saturated carbocycles. The maximum absolute atomic E-state index is 11.9. The molecule has 134 valence electrons. The molecular formula is C21H26O4. The van der Waals surface area contributed by atoms with Gasteiger partial charge < -0.3 is 14.2 Å². The highest BCUT2D eigenvalue weighted by Gasteiger charge is 2.31. The van der Waals surface area contributed by atoms with Gasteiger partial charge in [-0.15, -0.1) is 0 Å². The van der Waals surface area contributed by atoms with E-state index in [0.29, 0.717) is 25.6 Å². The number of rotatable bonds is 9. The highest BCUT2D eigenvalue weighted by molar-refractivity contribution is 5.79. The second kappa shape index (κ2) is 9.23. The number of ether oxygens (including phenoxy) is 3. The molecule has 0 fully saturated rings. The Balaban J connectivity index is 1.78. The van der Waals surface area contributed by atoms with Crippen LogP contribution in [0.25, 0.3) is 0 Å². The lowest BCUT2D eigenvalue weighted by molar-refractivity contribution is -0.158. The van der Waals surface area contributed by atoms with Gasteiger partial charge >= 0.3 is 5.97 Å². The molecule has 0 aliphatic heterocycles. The summed E-state index contributed by atoms with van der Waals surface area (Å²) in [5.74, 6) is 0.278. The third-order valence-corrected chi connectivity index (χ3v) is 3.71. The normalized spacial score (nSPS) is 11.2. The first-order chi connectivity index (χ1) is 12.0. The number of benzene rings is 2. The lowest BCUT2D eigenvalue weighted by Gasteiger charge is -2.24. The van der Waals surface area contributed by atoms with Crippen molar-refractivity contribution in [3.05, 3.63) is 65.7 Å².